The third-order valence-corrected chi connectivity index (χ3v) is 5.33. The molecule has 0 spiro atoms. The Bertz CT molecular complexity index is 649. The molecule has 0 radical (unpaired) electrons. The van der Waals surface area contributed by atoms with Crippen LogP contribution in [0.15, 0.2) is 36.5 Å². The normalized spacial score (nSPS) is 24.7. The molecular weight excluding hydrogens is 320 g/mol. The first kappa shape index (κ1) is 17.0. The van der Waals surface area contributed by atoms with E-state index >= 15 is 0 Å². The quantitative estimate of drug-likeness (QED) is 0.856. The van der Waals surface area contributed by atoms with Crippen LogP contribution in [0.4, 0.5) is 0 Å². The van der Waals surface area contributed by atoms with Gasteiger partial charge in [0.15, 0.2) is 5.69 Å². The van der Waals surface area contributed by atoms with Crippen LogP contribution in [-0.2, 0) is 6.54 Å². The van der Waals surface area contributed by atoms with Gasteiger partial charge in [0, 0.05) is 32.7 Å². The molecule has 1 aromatic heterocycles. The molecule has 2 aromatic rings. The molecule has 128 valence electrons. The molecule has 0 N–H and O–H groups in total. The molecule has 1 aromatic carbocycles. The molecule has 6 heteroatoms. The number of nitrogens with zero attached hydrogens (tertiary/aromatic N) is 4. The number of amides is 1. The lowest BCUT2D eigenvalue weighted by molar-refractivity contribution is 0.0268. The number of aromatic nitrogens is 2. The lowest BCUT2D eigenvalue weighted by Crippen LogP contribution is -2.55. The molecule has 1 amide bonds. The third kappa shape index (κ3) is 3.65. The molecule has 1 aliphatic heterocycles. The number of carbonyl (C=O) groups excluding carboxylic acids is 1. The van der Waals surface area contributed by atoms with Gasteiger partial charge in [-0.15, -0.1) is 0 Å². The molecule has 1 saturated heterocycles. The Morgan fingerprint density at radius 2 is 1.92 bits per heavy atom. The molecule has 0 bridgehead atoms. The van der Waals surface area contributed by atoms with Crippen molar-refractivity contribution in [3.8, 4) is 0 Å². The highest BCUT2D eigenvalue weighted by atomic mass is 32.1. The number of benzene rings is 1. The van der Waals surface area contributed by atoms with Crippen molar-refractivity contribution in [2.24, 2.45) is 11.8 Å². The summed E-state index contributed by atoms with van der Waals surface area (Å²) < 4.78 is 8.02. The minimum absolute atomic E-state index is 0.0241. The molecule has 24 heavy (non-hydrogen) atoms. The summed E-state index contributed by atoms with van der Waals surface area (Å²) in [5, 5.41) is 0. The summed E-state index contributed by atoms with van der Waals surface area (Å²) in [4.78, 5) is 16.9. The van der Waals surface area contributed by atoms with Gasteiger partial charge in [-0.05, 0) is 17.4 Å². The first-order chi connectivity index (χ1) is 11.6. The summed E-state index contributed by atoms with van der Waals surface area (Å²) in [6.07, 6.45) is 1.56. The van der Waals surface area contributed by atoms with Gasteiger partial charge >= 0.3 is 0 Å². The van der Waals surface area contributed by atoms with Crippen molar-refractivity contribution in [2.45, 2.75) is 26.4 Å². The Morgan fingerprint density at radius 3 is 2.50 bits per heavy atom. The van der Waals surface area contributed by atoms with Crippen molar-refractivity contribution in [1.82, 2.24) is 18.5 Å². The van der Waals surface area contributed by atoms with E-state index in [9.17, 15) is 4.79 Å². The van der Waals surface area contributed by atoms with Crippen LogP contribution >= 0.6 is 11.7 Å². The standard InChI is InChI=1S/C18H24N4OS/c1-13-10-22(12-15-7-5-4-6-8-15)11-14(2)17(13)21(3)18(23)16-9-19-24-20-16/h4-9,13-14,17H,10-12H2,1-3H3. The summed E-state index contributed by atoms with van der Waals surface area (Å²) in [7, 11) is 1.90. The van der Waals surface area contributed by atoms with E-state index in [2.05, 4.69) is 57.8 Å². The van der Waals surface area contributed by atoms with Crippen LogP contribution in [-0.4, -0.2) is 50.6 Å². The average Bonchev–Trinajstić information content (AvgIpc) is 3.08. The van der Waals surface area contributed by atoms with Crippen molar-refractivity contribution in [3.63, 3.8) is 0 Å². The number of hydrogen-bond acceptors (Lipinski definition) is 5. The van der Waals surface area contributed by atoms with E-state index < -0.39 is 0 Å². The number of likely N-dealkylation sites (tertiary alicyclic amines) is 1. The predicted molar refractivity (Wildman–Crippen MR) is 95.8 cm³/mol. The van der Waals surface area contributed by atoms with Gasteiger partial charge in [-0.3, -0.25) is 9.69 Å². The fraction of sp³-hybridized carbons (Fsp3) is 0.500. The Labute approximate surface area is 147 Å². The smallest absolute Gasteiger partial charge is 0.275 e. The highest BCUT2D eigenvalue weighted by molar-refractivity contribution is 6.99. The maximum atomic E-state index is 12.6. The topological polar surface area (TPSA) is 49.3 Å². The van der Waals surface area contributed by atoms with Crippen LogP contribution in [0.2, 0.25) is 0 Å². The van der Waals surface area contributed by atoms with Crippen molar-refractivity contribution in [2.75, 3.05) is 20.1 Å². The zero-order valence-corrected chi connectivity index (χ0v) is 15.2. The number of hydrogen-bond donors (Lipinski definition) is 0. The Hall–Kier alpha value is -1.79. The molecular formula is C18H24N4OS. The summed E-state index contributed by atoms with van der Waals surface area (Å²) in [5.74, 6) is 0.806. The highest BCUT2D eigenvalue weighted by Crippen LogP contribution is 2.28. The predicted octanol–water partition coefficient (Wildman–Crippen LogP) is 2.77. The molecule has 3 rings (SSSR count). The van der Waals surface area contributed by atoms with E-state index in [1.807, 2.05) is 11.9 Å². The molecule has 0 saturated carbocycles. The van der Waals surface area contributed by atoms with Gasteiger partial charge in [-0.1, -0.05) is 44.2 Å². The summed E-state index contributed by atoms with van der Waals surface area (Å²) in [5.41, 5.74) is 1.79. The maximum Gasteiger partial charge on any atom is 0.275 e. The molecule has 5 nitrogen and oxygen atoms in total. The summed E-state index contributed by atoms with van der Waals surface area (Å²) >= 11 is 1.08. The minimum atomic E-state index is -0.0241. The van der Waals surface area contributed by atoms with Crippen LogP contribution < -0.4 is 0 Å². The van der Waals surface area contributed by atoms with Crippen molar-refractivity contribution >= 4 is 17.6 Å². The van der Waals surface area contributed by atoms with Crippen LogP contribution in [0.5, 0.6) is 0 Å². The molecule has 2 unspecified atom stereocenters. The maximum absolute atomic E-state index is 12.6. The first-order valence-electron chi connectivity index (χ1n) is 8.37. The van der Waals surface area contributed by atoms with Gasteiger partial charge in [0.2, 0.25) is 0 Å². The van der Waals surface area contributed by atoms with Gasteiger partial charge in [0.25, 0.3) is 5.91 Å². The number of rotatable bonds is 4. The summed E-state index contributed by atoms with van der Waals surface area (Å²) in [6.45, 7) is 7.44. The molecule has 2 atom stereocenters. The average molecular weight is 344 g/mol. The van der Waals surface area contributed by atoms with Gasteiger partial charge in [0.1, 0.15) is 0 Å². The SMILES string of the molecule is CC1CN(Cc2ccccc2)CC(C)C1N(C)C(=O)c1cnsn1. The van der Waals surface area contributed by atoms with E-state index in [1.54, 1.807) is 6.20 Å². The monoisotopic (exact) mass is 344 g/mol. The van der Waals surface area contributed by atoms with Gasteiger partial charge in [-0.2, -0.15) is 8.75 Å². The second kappa shape index (κ2) is 7.40. The van der Waals surface area contributed by atoms with Gasteiger partial charge in [0.05, 0.1) is 17.9 Å². The van der Waals surface area contributed by atoms with Gasteiger partial charge in [-0.25, -0.2) is 0 Å². The van der Waals surface area contributed by atoms with E-state index in [1.165, 1.54) is 5.56 Å². The van der Waals surface area contributed by atoms with Gasteiger partial charge < -0.3 is 4.90 Å². The fourth-order valence-electron chi connectivity index (χ4n) is 3.98. The second-order valence-electron chi connectivity index (χ2n) is 6.83. The second-order valence-corrected chi connectivity index (χ2v) is 7.39. The Balaban J connectivity index is 1.66. The van der Waals surface area contributed by atoms with Crippen molar-refractivity contribution in [1.29, 1.82) is 0 Å². The lowest BCUT2D eigenvalue weighted by Gasteiger charge is -2.45. The fourth-order valence-corrected chi connectivity index (χ4v) is 4.38. The zero-order chi connectivity index (χ0) is 17.1. The van der Waals surface area contributed by atoms with Crippen LogP contribution in [0.25, 0.3) is 0 Å². The first-order valence-corrected chi connectivity index (χ1v) is 9.10. The Morgan fingerprint density at radius 1 is 1.25 bits per heavy atom. The van der Waals surface area contributed by atoms with Crippen molar-refractivity contribution < 1.29 is 4.79 Å². The molecule has 0 aliphatic carbocycles. The molecule has 2 heterocycles. The van der Waals surface area contributed by atoms with Crippen molar-refractivity contribution in [3.05, 3.63) is 47.8 Å². The Kier molecular flexibility index (Phi) is 5.26. The molecule has 1 aliphatic rings. The highest BCUT2D eigenvalue weighted by Gasteiger charge is 2.36. The van der Waals surface area contributed by atoms with E-state index in [0.29, 0.717) is 17.5 Å². The number of carbonyl (C=O) groups is 1. The van der Waals surface area contributed by atoms with E-state index in [-0.39, 0.29) is 11.9 Å². The minimum Gasteiger partial charge on any atom is -0.337 e. The largest absolute Gasteiger partial charge is 0.337 e. The lowest BCUT2D eigenvalue weighted by atomic mass is 9.84. The summed E-state index contributed by atoms with van der Waals surface area (Å²) in [6, 6.07) is 10.8. The zero-order valence-electron chi connectivity index (χ0n) is 14.4. The number of piperidine rings is 1. The molecule has 1 fully saturated rings. The van der Waals surface area contributed by atoms with Crippen LogP contribution in [0.1, 0.15) is 29.9 Å². The van der Waals surface area contributed by atoms with Crippen LogP contribution in [0.3, 0.4) is 0 Å². The third-order valence-electron chi connectivity index (χ3n) is 4.86. The van der Waals surface area contributed by atoms with E-state index in [0.717, 1.165) is 31.4 Å². The van der Waals surface area contributed by atoms with E-state index in [4.69, 9.17) is 0 Å². The van der Waals surface area contributed by atoms with Crippen LogP contribution in [0, 0.1) is 11.8 Å².